The standard InChI is InChI=1S/C11H22O3S/c12-15-13-10-8-6-4-2-1-3-5-7-9-11-14-15/h1-11H2. The molecule has 0 aliphatic carbocycles. The van der Waals surface area contributed by atoms with E-state index >= 15 is 0 Å². The Morgan fingerprint density at radius 2 is 0.933 bits per heavy atom. The summed E-state index contributed by atoms with van der Waals surface area (Å²) in [5.74, 6) is 0. The SMILES string of the molecule is O=S1OCCCCCCCCCCCO1. The summed E-state index contributed by atoms with van der Waals surface area (Å²) in [4.78, 5) is 0. The second kappa shape index (κ2) is 9.31. The van der Waals surface area contributed by atoms with Crippen molar-refractivity contribution in [2.24, 2.45) is 0 Å². The quantitative estimate of drug-likeness (QED) is 0.646. The minimum Gasteiger partial charge on any atom is -0.268 e. The molecule has 1 rings (SSSR count). The van der Waals surface area contributed by atoms with Crippen LogP contribution in [0.15, 0.2) is 0 Å². The van der Waals surface area contributed by atoms with Crippen molar-refractivity contribution in [3.8, 4) is 0 Å². The first-order valence-corrected chi connectivity index (χ1v) is 7.08. The van der Waals surface area contributed by atoms with Crippen molar-refractivity contribution in [3.05, 3.63) is 0 Å². The molecule has 0 aromatic carbocycles. The largest absolute Gasteiger partial charge is 0.304 e. The lowest BCUT2D eigenvalue weighted by Crippen LogP contribution is -2.05. The van der Waals surface area contributed by atoms with Crippen molar-refractivity contribution in [2.75, 3.05) is 13.2 Å². The van der Waals surface area contributed by atoms with Crippen molar-refractivity contribution in [2.45, 2.75) is 57.8 Å². The molecule has 3 nitrogen and oxygen atoms in total. The Morgan fingerprint density at radius 1 is 0.600 bits per heavy atom. The molecular weight excluding hydrogens is 212 g/mol. The summed E-state index contributed by atoms with van der Waals surface area (Å²) < 4.78 is 21.2. The molecule has 0 saturated carbocycles. The maximum Gasteiger partial charge on any atom is 0.304 e. The number of hydrogen-bond donors (Lipinski definition) is 0. The van der Waals surface area contributed by atoms with Gasteiger partial charge in [-0.1, -0.05) is 44.9 Å². The van der Waals surface area contributed by atoms with E-state index in [0.29, 0.717) is 13.2 Å². The van der Waals surface area contributed by atoms with Crippen LogP contribution in [-0.4, -0.2) is 17.4 Å². The molecule has 1 fully saturated rings. The van der Waals surface area contributed by atoms with Crippen LogP contribution >= 0.6 is 0 Å². The Kier molecular flexibility index (Phi) is 8.15. The van der Waals surface area contributed by atoms with E-state index in [9.17, 15) is 4.21 Å². The third-order valence-corrected chi connectivity index (χ3v) is 3.37. The lowest BCUT2D eigenvalue weighted by atomic mass is 10.1. The van der Waals surface area contributed by atoms with Crippen LogP contribution in [0.2, 0.25) is 0 Å². The highest BCUT2D eigenvalue weighted by atomic mass is 32.2. The minimum absolute atomic E-state index is 0.562. The van der Waals surface area contributed by atoms with Gasteiger partial charge in [0.1, 0.15) is 0 Å². The second-order valence-electron chi connectivity index (χ2n) is 4.03. The minimum atomic E-state index is -1.51. The predicted molar refractivity (Wildman–Crippen MR) is 61.6 cm³/mol. The predicted octanol–water partition coefficient (Wildman–Crippen LogP) is 3.12. The van der Waals surface area contributed by atoms with E-state index in [-0.39, 0.29) is 0 Å². The smallest absolute Gasteiger partial charge is 0.268 e. The lowest BCUT2D eigenvalue weighted by molar-refractivity contribution is 0.239. The molecule has 1 saturated heterocycles. The van der Waals surface area contributed by atoms with Crippen LogP contribution in [0.3, 0.4) is 0 Å². The molecule has 1 aliphatic rings. The summed E-state index contributed by atoms with van der Waals surface area (Å²) >= 11 is -1.51. The Bertz CT molecular complexity index is 157. The molecule has 0 radical (unpaired) electrons. The fourth-order valence-corrected chi connectivity index (χ4v) is 2.31. The summed E-state index contributed by atoms with van der Waals surface area (Å²) in [6, 6.07) is 0. The molecule has 15 heavy (non-hydrogen) atoms. The van der Waals surface area contributed by atoms with Crippen LogP contribution in [-0.2, 0) is 19.7 Å². The molecule has 0 N–H and O–H groups in total. The summed E-state index contributed by atoms with van der Waals surface area (Å²) in [5.41, 5.74) is 0. The Morgan fingerprint density at radius 3 is 1.33 bits per heavy atom. The Balaban J connectivity index is 2.13. The van der Waals surface area contributed by atoms with Crippen LogP contribution in [0.5, 0.6) is 0 Å². The van der Waals surface area contributed by atoms with Gasteiger partial charge in [-0.2, -0.15) is 4.21 Å². The molecule has 1 heterocycles. The van der Waals surface area contributed by atoms with Gasteiger partial charge in [-0.25, -0.2) is 0 Å². The van der Waals surface area contributed by atoms with Gasteiger partial charge in [0.25, 0.3) is 0 Å². The van der Waals surface area contributed by atoms with Gasteiger partial charge in [0.2, 0.25) is 0 Å². The van der Waals surface area contributed by atoms with Crippen molar-refractivity contribution < 1.29 is 12.6 Å². The molecule has 90 valence electrons. The molecule has 0 aromatic rings. The molecule has 4 heteroatoms. The van der Waals surface area contributed by atoms with E-state index < -0.39 is 11.4 Å². The lowest BCUT2D eigenvalue weighted by Gasteiger charge is -2.06. The molecule has 0 bridgehead atoms. The van der Waals surface area contributed by atoms with E-state index in [1.807, 2.05) is 0 Å². The zero-order valence-electron chi connectivity index (χ0n) is 9.41. The first kappa shape index (κ1) is 13.1. The van der Waals surface area contributed by atoms with Gasteiger partial charge in [-0.05, 0) is 12.8 Å². The molecule has 0 spiro atoms. The van der Waals surface area contributed by atoms with E-state index in [1.54, 1.807) is 0 Å². The third-order valence-electron chi connectivity index (χ3n) is 2.65. The van der Waals surface area contributed by atoms with Crippen molar-refractivity contribution in [3.63, 3.8) is 0 Å². The van der Waals surface area contributed by atoms with Crippen molar-refractivity contribution in [1.82, 2.24) is 0 Å². The van der Waals surface area contributed by atoms with E-state index in [1.165, 1.54) is 44.9 Å². The number of hydrogen-bond acceptors (Lipinski definition) is 3. The second-order valence-corrected chi connectivity index (χ2v) is 4.91. The maximum absolute atomic E-state index is 11.1. The summed E-state index contributed by atoms with van der Waals surface area (Å²) in [6.45, 7) is 1.12. The molecule has 1 aliphatic heterocycles. The molecular formula is C11H22O3S. The van der Waals surface area contributed by atoms with Crippen LogP contribution < -0.4 is 0 Å². The monoisotopic (exact) mass is 234 g/mol. The first-order chi connectivity index (χ1) is 7.39. The average molecular weight is 234 g/mol. The van der Waals surface area contributed by atoms with Gasteiger partial charge >= 0.3 is 11.4 Å². The average Bonchev–Trinajstić information content (AvgIpc) is 2.24. The summed E-state index contributed by atoms with van der Waals surface area (Å²) in [6.07, 6.45) is 10.9. The van der Waals surface area contributed by atoms with E-state index in [0.717, 1.165) is 12.8 Å². The zero-order valence-corrected chi connectivity index (χ0v) is 10.2. The summed E-state index contributed by atoms with van der Waals surface area (Å²) in [7, 11) is 0. The molecule has 0 unspecified atom stereocenters. The van der Waals surface area contributed by atoms with Crippen molar-refractivity contribution in [1.29, 1.82) is 0 Å². The van der Waals surface area contributed by atoms with Gasteiger partial charge in [-0.3, -0.25) is 8.37 Å². The molecule has 0 atom stereocenters. The van der Waals surface area contributed by atoms with Gasteiger partial charge in [0, 0.05) is 0 Å². The van der Waals surface area contributed by atoms with Crippen molar-refractivity contribution >= 4 is 11.4 Å². The van der Waals surface area contributed by atoms with Gasteiger partial charge in [0.05, 0.1) is 13.2 Å². The Labute approximate surface area is 95.4 Å². The molecule has 0 amide bonds. The fraction of sp³-hybridized carbons (Fsp3) is 1.00. The third kappa shape index (κ3) is 7.94. The highest BCUT2D eigenvalue weighted by Crippen LogP contribution is 2.11. The van der Waals surface area contributed by atoms with Crippen LogP contribution in [0.1, 0.15) is 57.8 Å². The molecule has 0 aromatic heterocycles. The van der Waals surface area contributed by atoms with Gasteiger partial charge in [0.15, 0.2) is 0 Å². The number of rotatable bonds is 0. The maximum atomic E-state index is 11.1. The van der Waals surface area contributed by atoms with E-state index in [2.05, 4.69) is 0 Å². The highest BCUT2D eigenvalue weighted by Gasteiger charge is 2.02. The Hall–Kier alpha value is 0.0700. The van der Waals surface area contributed by atoms with Crippen LogP contribution in [0.4, 0.5) is 0 Å². The summed E-state index contributed by atoms with van der Waals surface area (Å²) in [5, 5.41) is 0. The van der Waals surface area contributed by atoms with Gasteiger partial charge < -0.3 is 0 Å². The van der Waals surface area contributed by atoms with Gasteiger partial charge in [-0.15, -0.1) is 0 Å². The topological polar surface area (TPSA) is 35.5 Å². The fourth-order valence-electron chi connectivity index (χ4n) is 1.73. The zero-order chi connectivity index (χ0) is 10.8. The van der Waals surface area contributed by atoms with Crippen LogP contribution in [0, 0.1) is 0 Å². The van der Waals surface area contributed by atoms with E-state index in [4.69, 9.17) is 8.37 Å². The normalized spacial score (nSPS) is 24.5. The first-order valence-electron chi connectivity index (χ1n) is 6.08. The highest BCUT2D eigenvalue weighted by molar-refractivity contribution is 7.75. The van der Waals surface area contributed by atoms with Crippen LogP contribution in [0.25, 0.3) is 0 Å².